The molecule has 2 atom stereocenters. The van der Waals surface area contributed by atoms with Crippen molar-refractivity contribution in [1.29, 1.82) is 0 Å². The van der Waals surface area contributed by atoms with Gasteiger partial charge in [0.25, 0.3) is 0 Å². The molecule has 0 spiro atoms. The number of hydrogen-bond acceptors (Lipinski definition) is 4. The minimum Gasteiger partial charge on any atom is -0.494 e. The summed E-state index contributed by atoms with van der Waals surface area (Å²) >= 11 is 0. The van der Waals surface area contributed by atoms with E-state index in [2.05, 4.69) is 46.8 Å². The van der Waals surface area contributed by atoms with Crippen LogP contribution in [0.25, 0.3) is 5.69 Å². The lowest BCUT2D eigenvalue weighted by atomic mass is 9.63. The van der Waals surface area contributed by atoms with Crippen LogP contribution >= 0.6 is 0 Å². The van der Waals surface area contributed by atoms with Gasteiger partial charge in [-0.2, -0.15) is 5.10 Å². The van der Waals surface area contributed by atoms with Crippen LogP contribution in [0, 0.1) is 17.2 Å². The molecule has 2 aromatic carbocycles. The van der Waals surface area contributed by atoms with Gasteiger partial charge in [-0.3, -0.25) is 4.79 Å². The van der Waals surface area contributed by atoms with Gasteiger partial charge in [-0.05, 0) is 54.7 Å². The average molecular weight is 488 g/mol. The van der Waals surface area contributed by atoms with Gasteiger partial charge in [0, 0.05) is 29.0 Å². The van der Waals surface area contributed by atoms with Crippen LogP contribution in [0.15, 0.2) is 53.5 Å². The molecule has 1 saturated carbocycles. The van der Waals surface area contributed by atoms with Crippen LogP contribution in [-0.2, 0) is 10.2 Å². The molecule has 0 bridgehead atoms. The van der Waals surface area contributed by atoms with Gasteiger partial charge in [-0.1, -0.05) is 52.8 Å². The predicted molar refractivity (Wildman–Crippen MR) is 140 cm³/mol. The number of ether oxygens (including phenoxy) is 1. The van der Waals surface area contributed by atoms with Crippen molar-refractivity contribution in [3.05, 3.63) is 71.2 Å². The molecule has 2 unspecified atom stereocenters. The first-order chi connectivity index (χ1) is 17.0. The van der Waals surface area contributed by atoms with Crippen LogP contribution in [0.1, 0.15) is 77.1 Å². The number of carbonyl (C=O) groups is 1. The van der Waals surface area contributed by atoms with Crippen LogP contribution in [0.2, 0.25) is 0 Å². The molecule has 188 valence electrons. The van der Waals surface area contributed by atoms with Crippen LogP contribution in [0.3, 0.4) is 0 Å². The Balaban J connectivity index is 1.79. The predicted octanol–water partition coefficient (Wildman–Crippen LogP) is 6.93. The fourth-order valence-corrected chi connectivity index (χ4v) is 5.67. The van der Waals surface area contributed by atoms with Crippen molar-refractivity contribution in [2.24, 2.45) is 16.3 Å². The quantitative estimate of drug-likeness (QED) is 0.401. The number of ketones is 1. The van der Waals surface area contributed by atoms with E-state index < -0.39 is 0 Å². The Morgan fingerprint density at radius 3 is 2.44 bits per heavy atom. The lowest BCUT2D eigenvalue weighted by Crippen LogP contribution is -2.42. The summed E-state index contributed by atoms with van der Waals surface area (Å²) in [6.45, 7) is 13.1. The summed E-state index contributed by atoms with van der Waals surface area (Å²) in [5.74, 6) is 0.827. The van der Waals surface area contributed by atoms with E-state index in [1.165, 1.54) is 12.1 Å². The Bertz CT molecular complexity index is 1350. The normalized spacial score (nSPS) is 21.0. The first-order valence-electron chi connectivity index (χ1n) is 12.7. The van der Waals surface area contributed by atoms with Crippen LogP contribution in [0.5, 0.6) is 5.75 Å². The second kappa shape index (κ2) is 8.68. The van der Waals surface area contributed by atoms with Crippen molar-refractivity contribution < 1.29 is 13.9 Å². The van der Waals surface area contributed by atoms with Gasteiger partial charge in [-0.15, -0.1) is 0 Å². The van der Waals surface area contributed by atoms with Gasteiger partial charge >= 0.3 is 0 Å². The summed E-state index contributed by atoms with van der Waals surface area (Å²) in [5, 5.41) is 5.02. The van der Waals surface area contributed by atoms with Gasteiger partial charge in [0.05, 0.1) is 23.9 Å². The molecular weight excluding hydrogens is 453 g/mol. The second-order valence-corrected chi connectivity index (χ2v) is 11.8. The number of fused-ring (bicyclic) bond motifs is 2. The highest BCUT2D eigenvalue weighted by molar-refractivity contribution is 6.11. The molecular formula is C30H34FN3O2. The third kappa shape index (κ3) is 4.27. The summed E-state index contributed by atoms with van der Waals surface area (Å²) in [7, 11) is 0. The van der Waals surface area contributed by atoms with Crippen LogP contribution in [-0.4, -0.2) is 27.9 Å². The maximum absolute atomic E-state index is 14.3. The van der Waals surface area contributed by atoms with Crippen molar-refractivity contribution in [3.8, 4) is 11.4 Å². The highest BCUT2D eigenvalue weighted by atomic mass is 19.1. The molecule has 6 heteroatoms. The van der Waals surface area contributed by atoms with E-state index in [1.54, 1.807) is 10.7 Å². The van der Waals surface area contributed by atoms with E-state index in [1.807, 2.05) is 25.1 Å². The monoisotopic (exact) mass is 487 g/mol. The Labute approximate surface area is 212 Å². The van der Waals surface area contributed by atoms with Gasteiger partial charge in [0.2, 0.25) is 0 Å². The number of nitrogens with zero attached hydrogens (tertiary/aromatic N) is 3. The minimum atomic E-state index is -0.338. The maximum Gasteiger partial charge on any atom is 0.159 e. The molecule has 1 fully saturated rings. The standard InChI is InChI=1S/C30H34FN3O2/c1-7-36-21-13-11-18(12-14-21)24-25-22(16-30(5,6)17-23(25)35)32-28-26(24)27(29(2,3)4)33-34(28)20-10-8-9-19(31)15-20/h8-15,24-25H,7,16-17H2,1-6H3. The fourth-order valence-electron chi connectivity index (χ4n) is 5.67. The first kappa shape index (κ1) is 24.4. The molecule has 1 aliphatic heterocycles. The third-order valence-corrected chi connectivity index (χ3v) is 7.12. The minimum absolute atomic E-state index is 0.163. The molecule has 1 aromatic heterocycles. The van der Waals surface area contributed by atoms with Crippen LogP contribution in [0.4, 0.5) is 10.2 Å². The van der Waals surface area contributed by atoms with Crippen molar-refractivity contribution in [2.45, 2.75) is 65.7 Å². The van der Waals surface area contributed by atoms with E-state index in [0.717, 1.165) is 34.7 Å². The summed E-state index contributed by atoms with van der Waals surface area (Å²) in [6.07, 6.45) is 1.25. The van der Waals surface area contributed by atoms with E-state index in [9.17, 15) is 9.18 Å². The smallest absolute Gasteiger partial charge is 0.159 e. The first-order valence-corrected chi connectivity index (χ1v) is 12.7. The molecule has 2 heterocycles. The Morgan fingerprint density at radius 2 is 1.81 bits per heavy atom. The zero-order valence-electron chi connectivity index (χ0n) is 21.9. The number of halogens is 1. The summed E-state index contributed by atoms with van der Waals surface area (Å²) < 4.78 is 21.7. The molecule has 3 aromatic rings. The van der Waals surface area contributed by atoms with Gasteiger partial charge in [-0.25, -0.2) is 14.1 Å². The van der Waals surface area contributed by atoms with Crippen molar-refractivity contribution in [3.63, 3.8) is 0 Å². The Kier molecular flexibility index (Phi) is 5.89. The fraction of sp³-hybridized carbons (Fsp3) is 0.433. The summed E-state index contributed by atoms with van der Waals surface area (Å²) in [6, 6.07) is 14.5. The van der Waals surface area contributed by atoms with Gasteiger partial charge in [0.15, 0.2) is 5.82 Å². The average Bonchev–Trinajstić information content (AvgIpc) is 3.17. The number of benzene rings is 2. The lowest BCUT2D eigenvalue weighted by Gasteiger charge is -2.41. The molecule has 2 aliphatic rings. The van der Waals surface area contributed by atoms with Gasteiger partial charge in [0.1, 0.15) is 17.3 Å². The summed E-state index contributed by atoms with van der Waals surface area (Å²) in [4.78, 5) is 18.8. The van der Waals surface area contributed by atoms with E-state index in [4.69, 9.17) is 14.8 Å². The number of aliphatic imine (C=N–C) groups is 1. The number of aromatic nitrogens is 2. The molecule has 1 aliphatic carbocycles. The lowest BCUT2D eigenvalue weighted by molar-refractivity contribution is -0.124. The summed E-state index contributed by atoms with van der Waals surface area (Å²) in [5.41, 5.74) is 3.91. The second-order valence-electron chi connectivity index (χ2n) is 11.8. The van der Waals surface area contributed by atoms with E-state index in [0.29, 0.717) is 24.5 Å². The van der Waals surface area contributed by atoms with E-state index >= 15 is 0 Å². The molecule has 5 rings (SSSR count). The maximum atomic E-state index is 14.3. The molecule has 0 saturated heterocycles. The largest absolute Gasteiger partial charge is 0.494 e. The Hall–Kier alpha value is -3.28. The number of carbonyl (C=O) groups excluding carboxylic acids is 1. The zero-order chi connectivity index (χ0) is 25.8. The third-order valence-electron chi connectivity index (χ3n) is 7.12. The molecule has 0 amide bonds. The van der Waals surface area contributed by atoms with E-state index in [-0.39, 0.29) is 34.3 Å². The zero-order valence-corrected chi connectivity index (χ0v) is 21.9. The number of rotatable bonds is 4. The number of hydrogen-bond donors (Lipinski definition) is 0. The molecule has 0 radical (unpaired) electrons. The van der Waals surface area contributed by atoms with Gasteiger partial charge < -0.3 is 4.74 Å². The highest BCUT2D eigenvalue weighted by Gasteiger charge is 2.48. The Morgan fingerprint density at radius 1 is 1.08 bits per heavy atom. The molecule has 5 nitrogen and oxygen atoms in total. The van der Waals surface area contributed by atoms with Crippen molar-refractivity contribution >= 4 is 17.3 Å². The topological polar surface area (TPSA) is 56.5 Å². The van der Waals surface area contributed by atoms with Crippen LogP contribution < -0.4 is 4.74 Å². The highest BCUT2D eigenvalue weighted by Crippen LogP contribution is 2.52. The number of Topliss-reactive ketones (excluding diaryl/α,β-unsaturated/α-hetero) is 1. The van der Waals surface area contributed by atoms with Crippen molar-refractivity contribution in [2.75, 3.05) is 6.61 Å². The molecule has 36 heavy (non-hydrogen) atoms. The van der Waals surface area contributed by atoms with Crippen molar-refractivity contribution in [1.82, 2.24) is 9.78 Å². The SMILES string of the molecule is CCOc1ccc(C2c3c(C(C)(C)C)nn(-c4cccc(F)c4)c3N=C3CC(C)(C)CC(=O)C32)cc1. The molecule has 0 N–H and O–H groups in total.